The molecule has 0 bridgehead atoms. The molecule has 1 aromatic rings. The highest BCUT2D eigenvalue weighted by Gasteiger charge is 2.18. The third-order valence-electron chi connectivity index (χ3n) is 2.21. The summed E-state index contributed by atoms with van der Waals surface area (Å²) in [5.74, 6) is 2.35. The molecule has 0 amide bonds. The molecule has 0 saturated carbocycles. The zero-order valence-electron chi connectivity index (χ0n) is 8.04. The number of aryl methyl sites for hydroxylation is 1. The van der Waals surface area contributed by atoms with Gasteiger partial charge in [0.15, 0.2) is 0 Å². The molecular formula is C12H14O. The van der Waals surface area contributed by atoms with Gasteiger partial charge in [-0.1, -0.05) is 37.1 Å². The molecule has 13 heavy (non-hydrogen) atoms. The average molecular weight is 174 g/mol. The zero-order valence-corrected chi connectivity index (χ0v) is 8.04. The Morgan fingerprint density at radius 1 is 1.38 bits per heavy atom. The summed E-state index contributed by atoms with van der Waals surface area (Å²) >= 11 is 0. The van der Waals surface area contributed by atoms with Gasteiger partial charge in [-0.25, -0.2) is 0 Å². The van der Waals surface area contributed by atoms with Gasteiger partial charge in [0, 0.05) is 0 Å². The van der Waals surface area contributed by atoms with Crippen LogP contribution in [-0.4, -0.2) is 5.11 Å². The Morgan fingerprint density at radius 2 is 1.92 bits per heavy atom. The van der Waals surface area contributed by atoms with E-state index in [4.69, 9.17) is 6.42 Å². The fraction of sp³-hybridized carbons (Fsp3) is 0.333. The first kappa shape index (κ1) is 9.83. The van der Waals surface area contributed by atoms with Crippen LogP contribution in [0.2, 0.25) is 0 Å². The first-order valence-corrected chi connectivity index (χ1v) is 4.39. The molecule has 0 saturated heterocycles. The number of hydrogen-bond donors (Lipinski definition) is 1. The molecule has 1 N–H and O–H groups in total. The van der Waals surface area contributed by atoms with Crippen LogP contribution < -0.4 is 0 Å². The largest absolute Gasteiger partial charge is 0.374 e. The first-order valence-electron chi connectivity index (χ1n) is 4.39. The molecule has 1 rings (SSSR count). The van der Waals surface area contributed by atoms with Crippen molar-refractivity contribution in [1.29, 1.82) is 0 Å². The summed E-state index contributed by atoms with van der Waals surface area (Å²) in [6.45, 7) is 3.71. The van der Waals surface area contributed by atoms with Gasteiger partial charge >= 0.3 is 0 Å². The van der Waals surface area contributed by atoms with Gasteiger partial charge in [0.25, 0.3) is 0 Å². The normalized spacial score (nSPS) is 14.6. The van der Waals surface area contributed by atoms with Crippen LogP contribution in [0, 0.1) is 12.3 Å². The monoisotopic (exact) mass is 174 g/mol. The van der Waals surface area contributed by atoms with Gasteiger partial charge in [-0.15, -0.1) is 6.42 Å². The van der Waals surface area contributed by atoms with Crippen LogP contribution in [-0.2, 0) is 12.0 Å². The SMILES string of the molecule is C#CC(C)(O)c1ccc(CC)cc1. The third-order valence-corrected chi connectivity index (χ3v) is 2.21. The fourth-order valence-electron chi connectivity index (χ4n) is 1.15. The van der Waals surface area contributed by atoms with Crippen molar-refractivity contribution in [3.05, 3.63) is 35.4 Å². The van der Waals surface area contributed by atoms with E-state index in [0.29, 0.717) is 0 Å². The van der Waals surface area contributed by atoms with Crippen molar-refractivity contribution in [2.75, 3.05) is 0 Å². The minimum atomic E-state index is -1.15. The van der Waals surface area contributed by atoms with E-state index in [1.54, 1.807) is 6.92 Å². The van der Waals surface area contributed by atoms with Crippen LogP contribution in [0.15, 0.2) is 24.3 Å². The molecule has 0 aliphatic heterocycles. The van der Waals surface area contributed by atoms with Crippen molar-refractivity contribution in [3.63, 3.8) is 0 Å². The van der Waals surface area contributed by atoms with Crippen molar-refractivity contribution in [2.24, 2.45) is 0 Å². The minimum Gasteiger partial charge on any atom is -0.374 e. The summed E-state index contributed by atoms with van der Waals surface area (Å²) in [5, 5.41) is 9.72. The molecule has 1 heteroatoms. The topological polar surface area (TPSA) is 20.2 Å². The molecule has 1 aromatic carbocycles. The molecule has 0 fully saturated rings. The second-order valence-corrected chi connectivity index (χ2v) is 3.27. The average Bonchev–Trinajstić information content (AvgIpc) is 2.18. The van der Waals surface area contributed by atoms with Crippen LogP contribution in [0.5, 0.6) is 0 Å². The lowest BCUT2D eigenvalue weighted by atomic mass is 9.96. The van der Waals surface area contributed by atoms with Crippen LogP contribution >= 0.6 is 0 Å². The van der Waals surface area contributed by atoms with E-state index in [2.05, 4.69) is 12.8 Å². The number of rotatable bonds is 2. The maximum absolute atomic E-state index is 9.72. The Bertz CT molecular complexity index is 314. The molecule has 0 spiro atoms. The molecule has 0 radical (unpaired) electrons. The van der Waals surface area contributed by atoms with E-state index >= 15 is 0 Å². The highest BCUT2D eigenvalue weighted by Crippen LogP contribution is 2.19. The van der Waals surface area contributed by atoms with Gasteiger partial charge in [0.1, 0.15) is 5.60 Å². The number of aliphatic hydroxyl groups is 1. The summed E-state index contributed by atoms with van der Waals surface area (Å²) in [7, 11) is 0. The van der Waals surface area contributed by atoms with Gasteiger partial charge in [-0.05, 0) is 24.5 Å². The Labute approximate surface area is 79.4 Å². The van der Waals surface area contributed by atoms with Gasteiger partial charge < -0.3 is 5.11 Å². The lowest BCUT2D eigenvalue weighted by Crippen LogP contribution is -2.17. The van der Waals surface area contributed by atoms with Crippen LogP contribution in [0.4, 0.5) is 0 Å². The third kappa shape index (κ3) is 2.11. The molecule has 1 atom stereocenters. The maximum Gasteiger partial charge on any atom is 0.147 e. The van der Waals surface area contributed by atoms with Gasteiger partial charge in [-0.2, -0.15) is 0 Å². The second-order valence-electron chi connectivity index (χ2n) is 3.27. The van der Waals surface area contributed by atoms with Gasteiger partial charge in [0.2, 0.25) is 0 Å². The Kier molecular flexibility index (Phi) is 2.75. The molecule has 0 aliphatic rings. The molecule has 0 aromatic heterocycles. The molecular weight excluding hydrogens is 160 g/mol. The highest BCUT2D eigenvalue weighted by molar-refractivity contribution is 5.31. The van der Waals surface area contributed by atoms with E-state index in [0.717, 1.165) is 12.0 Å². The van der Waals surface area contributed by atoms with E-state index in [-0.39, 0.29) is 0 Å². The smallest absolute Gasteiger partial charge is 0.147 e. The Balaban J connectivity index is 3.00. The van der Waals surface area contributed by atoms with Crippen LogP contribution in [0.1, 0.15) is 25.0 Å². The lowest BCUT2D eigenvalue weighted by Gasteiger charge is -2.16. The van der Waals surface area contributed by atoms with E-state index in [9.17, 15) is 5.11 Å². The van der Waals surface area contributed by atoms with E-state index in [1.165, 1.54) is 5.56 Å². The van der Waals surface area contributed by atoms with Crippen LogP contribution in [0.3, 0.4) is 0 Å². The predicted molar refractivity (Wildman–Crippen MR) is 54.2 cm³/mol. The standard InChI is InChI=1S/C12H14O/c1-4-10-6-8-11(9-7-10)12(3,13)5-2/h2,6-9,13H,4H2,1,3H3. The molecule has 0 heterocycles. The number of terminal acetylenes is 1. The predicted octanol–water partition coefficient (Wildman–Crippen LogP) is 2.09. The van der Waals surface area contributed by atoms with Crippen molar-refractivity contribution >= 4 is 0 Å². The zero-order chi connectivity index (χ0) is 9.90. The van der Waals surface area contributed by atoms with E-state index in [1.807, 2.05) is 24.3 Å². The highest BCUT2D eigenvalue weighted by atomic mass is 16.3. The van der Waals surface area contributed by atoms with Crippen molar-refractivity contribution in [1.82, 2.24) is 0 Å². The molecule has 1 unspecified atom stereocenters. The maximum atomic E-state index is 9.72. The van der Waals surface area contributed by atoms with Gasteiger partial charge in [-0.3, -0.25) is 0 Å². The van der Waals surface area contributed by atoms with Crippen molar-refractivity contribution in [3.8, 4) is 12.3 Å². The Hall–Kier alpha value is -1.26. The minimum absolute atomic E-state index is 0.771. The van der Waals surface area contributed by atoms with Gasteiger partial charge in [0.05, 0.1) is 0 Å². The lowest BCUT2D eigenvalue weighted by molar-refractivity contribution is 0.122. The first-order chi connectivity index (χ1) is 6.10. The van der Waals surface area contributed by atoms with E-state index < -0.39 is 5.60 Å². The Morgan fingerprint density at radius 3 is 2.31 bits per heavy atom. The number of hydrogen-bond acceptors (Lipinski definition) is 1. The van der Waals surface area contributed by atoms with Crippen LogP contribution in [0.25, 0.3) is 0 Å². The quantitative estimate of drug-likeness (QED) is 0.681. The second kappa shape index (κ2) is 3.64. The summed E-state index contributed by atoms with van der Waals surface area (Å²) in [6, 6.07) is 7.72. The summed E-state index contributed by atoms with van der Waals surface area (Å²) < 4.78 is 0. The summed E-state index contributed by atoms with van der Waals surface area (Å²) in [4.78, 5) is 0. The van der Waals surface area contributed by atoms with Crippen molar-refractivity contribution < 1.29 is 5.11 Å². The number of benzene rings is 1. The molecule has 0 aliphatic carbocycles. The fourth-order valence-corrected chi connectivity index (χ4v) is 1.15. The molecule has 68 valence electrons. The van der Waals surface area contributed by atoms with Crippen molar-refractivity contribution in [2.45, 2.75) is 25.9 Å². The summed E-state index contributed by atoms with van der Waals surface area (Å²) in [6.07, 6.45) is 6.21. The summed E-state index contributed by atoms with van der Waals surface area (Å²) in [5.41, 5.74) is 0.871. The molecule has 1 nitrogen and oxygen atoms in total.